The Morgan fingerprint density at radius 2 is 2.31 bits per heavy atom. The molecule has 0 radical (unpaired) electrons. The molecule has 0 unspecified atom stereocenters. The molecule has 16 heavy (non-hydrogen) atoms. The predicted molar refractivity (Wildman–Crippen MR) is 62.7 cm³/mol. The van der Waals surface area contributed by atoms with Gasteiger partial charge in [0.25, 0.3) is 0 Å². The molecule has 1 fully saturated rings. The summed E-state index contributed by atoms with van der Waals surface area (Å²) < 4.78 is 1.63. The lowest BCUT2D eigenvalue weighted by Crippen LogP contribution is -2.21. The van der Waals surface area contributed by atoms with E-state index in [1.165, 1.54) is 11.8 Å². The highest BCUT2D eigenvalue weighted by molar-refractivity contribution is 7.99. The molecule has 1 aliphatic carbocycles. The summed E-state index contributed by atoms with van der Waals surface area (Å²) in [7, 11) is 0. The molecule has 0 spiro atoms. The van der Waals surface area contributed by atoms with Crippen molar-refractivity contribution >= 4 is 11.8 Å². The first-order chi connectivity index (χ1) is 7.59. The van der Waals surface area contributed by atoms with Crippen LogP contribution in [0.3, 0.4) is 0 Å². The van der Waals surface area contributed by atoms with Gasteiger partial charge in [-0.05, 0) is 33.1 Å². The third kappa shape index (κ3) is 2.17. The lowest BCUT2D eigenvalue weighted by Gasteiger charge is -2.14. The van der Waals surface area contributed by atoms with Crippen molar-refractivity contribution in [2.75, 3.05) is 0 Å². The average molecular weight is 243 g/mol. The standard InChI is InChI=1S/C10H17N3O2S/c1-6(2)13-9(15)11-12-10(13)16-8-5-3-4-7(8)14/h6-8,14H,3-5H2,1-2H3,(H,11,15)/t7-,8-/m0/s1. The topological polar surface area (TPSA) is 70.9 Å². The number of nitrogens with one attached hydrogen (secondary N) is 1. The first-order valence-electron chi connectivity index (χ1n) is 5.61. The number of hydrogen-bond acceptors (Lipinski definition) is 4. The van der Waals surface area contributed by atoms with E-state index >= 15 is 0 Å². The number of hydrogen-bond donors (Lipinski definition) is 2. The summed E-state index contributed by atoms with van der Waals surface area (Å²) in [6, 6.07) is 0.0901. The van der Waals surface area contributed by atoms with Crippen molar-refractivity contribution in [3.63, 3.8) is 0 Å². The number of rotatable bonds is 3. The van der Waals surface area contributed by atoms with Crippen LogP contribution in [0.1, 0.15) is 39.2 Å². The summed E-state index contributed by atoms with van der Waals surface area (Å²) in [6.45, 7) is 3.90. The van der Waals surface area contributed by atoms with Gasteiger partial charge in [0.15, 0.2) is 5.16 Å². The minimum Gasteiger partial charge on any atom is -0.392 e. The molecule has 0 bridgehead atoms. The van der Waals surface area contributed by atoms with E-state index < -0.39 is 0 Å². The highest BCUT2D eigenvalue weighted by atomic mass is 32.2. The van der Waals surface area contributed by atoms with E-state index in [2.05, 4.69) is 10.2 Å². The fourth-order valence-electron chi connectivity index (χ4n) is 2.01. The Morgan fingerprint density at radius 3 is 2.88 bits per heavy atom. The van der Waals surface area contributed by atoms with Gasteiger partial charge in [0, 0.05) is 11.3 Å². The Labute approximate surface area is 98.3 Å². The highest BCUT2D eigenvalue weighted by Crippen LogP contribution is 2.34. The zero-order chi connectivity index (χ0) is 11.7. The van der Waals surface area contributed by atoms with Crippen molar-refractivity contribution in [2.24, 2.45) is 0 Å². The molecular weight excluding hydrogens is 226 g/mol. The molecule has 90 valence electrons. The van der Waals surface area contributed by atoms with Gasteiger partial charge in [-0.1, -0.05) is 11.8 Å². The summed E-state index contributed by atoms with van der Waals surface area (Å²) in [6.07, 6.45) is 2.63. The molecule has 1 saturated carbocycles. The van der Waals surface area contributed by atoms with Crippen LogP contribution in [0.4, 0.5) is 0 Å². The molecule has 1 aromatic heterocycles. The molecule has 5 nitrogen and oxygen atoms in total. The van der Waals surface area contributed by atoms with E-state index in [0.29, 0.717) is 5.16 Å². The van der Waals surface area contributed by atoms with E-state index in [4.69, 9.17) is 0 Å². The molecular formula is C10H17N3O2S. The number of aromatic nitrogens is 3. The first kappa shape index (κ1) is 11.7. The van der Waals surface area contributed by atoms with E-state index in [1.807, 2.05) is 13.8 Å². The summed E-state index contributed by atoms with van der Waals surface area (Å²) >= 11 is 1.51. The molecule has 0 saturated heterocycles. The Morgan fingerprint density at radius 1 is 1.56 bits per heavy atom. The van der Waals surface area contributed by atoms with E-state index in [9.17, 15) is 9.90 Å². The van der Waals surface area contributed by atoms with Gasteiger partial charge in [-0.2, -0.15) is 0 Å². The molecule has 0 amide bonds. The fraction of sp³-hybridized carbons (Fsp3) is 0.800. The molecule has 2 rings (SSSR count). The largest absolute Gasteiger partial charge is 0.392 e. The van der Waals surface area contributed by atoms with Crippen LogP contribution >= 0.6 is 11.8 Å². The van der Waals surface area contributed by atoms with Crippen molar-refractivity contribution in [3.05, 3.63) is 10.5 Å². The summed E-state index contributed by atoms with van der Waals surface area (Å²) in [4.78, 5) is 11.5. The lowest BCUT2D eigenvalue weighted by atomic mass is 10.3. The van der Waals surface area contributed by atoms with E-state index in [0.717, 1.165) is 19.3 Å². The molecule has 6 heteroatoms. The third-order valence-electron chi connectivity index (χ3n) is 2.86. The minimum atomic E-state index is -0.266. The van der Waals surface area contributed by atoms with E-state index in [1.54, 1.807) is 4.57 Å². The Bertz CT molecular complexity index is 412. The minimum absolute atomic E-state index is 0.0901. The van der Waals surface area contributed by atoms with Crippen molar-refractivity contribution in [1.29, 1.82) is 0 Å². The van der Waals surface area contributed by atoms with Gasteiger partial charge in [-0.25, -0.2) is 9.89 Å². The third-order valence-corrected chi connectivity index (χ3v) is 4.21. The summed E-state index contributed by atoms with van der Waals surface area (Å²) in [5, 5.41) is 17.1. The summed E-state index contributed by atoms with van der Waals surface area (Å²) in [5.74, 6) is 0. The summed E-state index contributed by atoms with van der Waals surface area (Å²) in [5.41, 5.74) is -0.176. The Kier molecular flexibility index (Phi) is 3.39. The fourth-order valence-corrected chi connectivity index (χ4v) is 3.36. The van der Waals surface area contributed by atoms with Gasteiger partial charge in [-0.3, -0.25) is 4.57 Å². The second-order valence-electron chi connectivity index (χ2n) is 4.43. The number of H-pyrrole nitrogens is 1. The van der Waals surface area contributed by atoms with Crippen LogP contribution in [0.5, 0.6) is 0 Å². The number of nitrogens with zero attached hydrogens (tertiary/aromatic N) is 2. The second-order valence-corrected chi connectivity index (χ2v) is 5.64. The average Bonchev–Trinajstić information content (AvgIpc) is 2.75. The van der Waals surface area contributed by atoms with Crippen LogP contribution in [0.15, 0.2) is 9.95 Å². The van der Waals surface area contributed by atoms with Gasteiger partial charge < -0.3 is 5.11 Å². The molecule has 1 heterocycles. The zero-order valence-electron chi connectivity index (χ0n) is 9.51. The molecule has 2 atom stereocenters. The van der Waals surface area contributed by atoms with Crippen molar-refractivity contribution < 1.29 is 5.11 Å². The smallest absolute Gasteiger partial charge is 0.344 e. The van der Waals surface area contributed by atoms with Gasteiger partial charge in [0.2, 0.25) is 0 Å². The van der Waals surface area contributed by atoms with Gasteiger partial charge in [0.05, 0.1) is 6.10 Å². The zero-order valence-corrected chi connectivity index (χ0v) is 10.3. The predicted octanol–water partition coefficient (Wildman–Crippen LogP) is 1.16. The maximum absolute atomic E-state index is 11.5. The van der Waals surface area contributed by atoms with Crippen LogP contribution in [0, 0.1) is 0 Å². The molecule has 2 N–H and O–H groups in total. The van der Waals surface area contributed by atoms with Gasteiger partial charge >= 0.3 is 5.69 Å². The first-order valence-corrected chi connectivity index (χ1v) is 6.49. The molecule has 1 aliphatic rings. The maximum atomic E-state index is 11.5. The monoisotopic (exact) mass is 243 g/mol. The van der Waals surface area contributed by atoms with Gasteiger partial charge in [0.1, 0.15) is 0 Å². The van der Waals surface area contributed by atoms with Crippen LogP contribution < -0.4 is 5.69 Å². The van der Waals surface area contributed by atoms with Crippen LogP contribution in [0.25, 0.3) is 0 Å². The van der Waals surface area contributed by atoms with E-state index in [-0.39, 0.29) is 23.1 Å². The number of aliphatic hydroxyl groups is 1. The van der Waals surface area contributed by atoms with Gasteiger partial charge in [-0.15, -0.1) is 5.10 Å². The molecule has 0 aliphatic heterocycles. The van der Waals surface area contributed by atoms with Crippen LogP contribution in [-0.4, -0.2) is 31.2 Å². The quantitative estimate of drug-likeness (QED) is 0.835. The van der Waals surface area contributed by atoms with Crippen molar-refractivity contribution in [1.82, 2.24) is 14.8 Å². The number of aromatic amines is 1. The highest BCUT2D eigenvalue weighted by Gasteiger charge is 2.28. The number of thioether (sulfide) groups is 1. The second kappa shape index (κ2) is 4.63. The molecule has 0 aromatic carbocycles. The SMILES string of the molecule is CC(C)n1c(S[C@H]2CCC[C@@H]2O)n[nH]c1=O. The van der Waals surface area contributed by atoms with Crippen LogP contribution in [0.2, 0.25) is 0 Å². The van der Waals surface area contributed by atoms with Crippen molar-refractivity contribution in [2.45, 2.75) is 55.7 Å². The maximum Gasteiger partial charge on any atom is 0.344 e. The van der Waals surface area contributed by atoms with Crippen molar-refractivity contribution in [3.8, 4) is 0 Å². The number of aliphatic hydroxyl groups excluding tert-OH is 1. The Balaban J connectivity index is 2.18. The molecule has 1 aromatic rings. The lowest BCUT2D eigenvalue weighted by molar-refractivity contribution is 0.188. The van der Waals surface area contributed by atoms with Crippen LogP contribution in [-0.2, 0) is 0 Å². The Hall–Kier alpha value is -0.750. The normalized spacial score (nSPS) is 25.5.